The maximum Gasteiger partial charge on any atom is 0.322 e. The number of ether oxygens (including phenoxy) is 1. The average molecular weight is 303 g/mol. The van der Waals surface area contributed by atoms with Gasteiger partial charge in [-0.2, -0.15) is 4.72 Å². The van der Waals surface area contributed by atoms with Gasteiger partial charge in [-0.05, 0) is 24.6 Å². The van der Waals surface area contributed by atoms with Crippen molar-refractivity contribution < 1.29 is 27.4 Å². The Bertz CT molecular complexity index is 614. The molecule has 0 heterocycles. The van der Waals surface area contributed by atoms with Crippen LogP contribution in [0.3, 0.4) is 0 Å². The molecule has 0 fully saturated rings. The molecule has 0 aliphatic rings. The lowest BCUT2D eigenvalue weighted by molar-refractivity contribution is -0.138. The second-order valence-corrected chi connectivity index (χ2v) is 5.55. The molecule has 0 bridgehead atoms. The predicted molar refractivity (Wildman–Crippen MR) is 69.5 cm³/mol. The number of carboxylic acid groups (broad SMARTS) is 1. The van der Waals surface area contributed by atoms with Crippen LogP contribution in [-0.2, 0) is 14.8 Å². The Kier molecular flexibility index (Phi) is 5.23. The summed E-state index contributed by atoms with van der Waals surface area (Å²) >= 11 is 0. The number of methoxy groups -OCH3 is 1. The molecule has 0 saturated heterocycles. The predicted octanol–water partition coefficient (Wildman–Crippen LogP) is 1.14. The first-order valence-corrected chi connectivity index (χ1v) is 6.99. The normalized spacial score (nSPS) is 12.7. The van der Waals surface area contributed by atoms with Gasteiger partial charge in [0.25, 0.3) is 0 Å². The molecule has 1 aromatic carbocycles. The van der Waals surface area contributed by atoms with Crippen molar-refractivity contribution in [3.63, 3.8) is 0 Å². The lowest BCUT2D eigenvalue weighted by atomic mass is 10.2. The van der Waals surface area contributed by atoms with Gasteiger partial charge in [-0.1, -0.05) is 6.08 Å². The molecule has 1 unspecified atom stereocenters. The van der Waals surface area contributed by atoms with E-state index in [9.17, 15) is 17.6 Å². The van der Waals surface area contributed by atoms with Crippen molar-refractivity contribution >= 4 is 16.0 Å². The summed E-state index contributed by atoms with van der Waals surface area (Å²) in [7, 11) is -2.90. The number of benzene rings is 1. The number of hydrogen-bond acceptors (Lipinski definition) is 4. The summed E-state index contributed by atoms with van der Waals surface area (Å²) in [4.78, 5) is 10.5. The molecule has 2 N–H and O–H groups in total. The summed E-state index contributed by atoms with van der Waals surface area (Å²) in [6.45, 7) is 3.35. The maximum absolute atomic E-state index is 13.5. The van der Waals surface area contributed by atoms with Crippen LogP contribution in [0, 0.1) is 5.82 Å². The molecule has 0 radical (unpaired) electrons. The molecule has 20 heavy (non-hydrogen) atoms. The van der Waals surface area contributed by atoms with E-state index >= 15 is 0 Å². The van der Waals surface area contributed by atoms with Crippen LogP contribution in [0.5, 0.6) is 5.75 Å². The van der Waals surface area contributed by atoms with Gasteiger partial charge in [-0.25, -0.2) is 12.8 Å². The number of hydrogen-bond donors (Lipinski definition) is 2. The van der Waals surface area contributed by atoms with Gasteiger partial charge in [0.15, 0.2) is 11.6 Å². The molecular weight excluding hydrogens is 289 g/mol. The molecule has 1 aromatic rings. The molecule has 6 nitrogen and oxygen atoms in total. The van der Waals surface area contributed by atoms with E-state index in [-0.39, 0.29) is 17.1 Å². The van der Waals surface area contributed by atoms with E-state index in [0.29, 0.717) is 0 Å². The molecule has 0 aliphatic heterocycles. The number of halogens is 1. The highest BCUT2D eigenvalue weighted by atomic mass is 32.2. The first-order valence-electron chi connectivity index (χ1n) is 5.51. The van der Waals surface area contributed by atoms with Crippen LogP contribution in [0.2, 0.25) is 0 Å². The molecule has 0 spiro atoms. The van der Waals surface area contributed by atoms with Gasteiger partial charge < -0.3 is 9.84 Å². The van der Waals surface area contributed by atoms with Crippen molar-refractivity contribution in [2.45, 2.75) is 17.4 Å². The van der Waals surface area contributed by atoms with Crippen molar-refractivity contribution in [3.8, 4) is 5.75 Å². The molecule has 8 heteroatoms. The second kappa shape index (κ2) is 6.49. The van der Waals surface area contributed by atoms with Crippen molar-refractivity contribution in [1.82, 2.24) is 4.72 Å². The van der Waals surface area contributed by atoms with E-state index in [0.717, 1.165) is 18.2 Å². The van der Waals surface area contributed by atoms with Gasteiger partial charge in [0.1, 0.15) is 6.04 Å². The Morgan fingerprint density at radius 3 is 2.70 bits per heavy atom. The summed E-state index contributed by atoms with van der Waals surface area (Å²) < 4.78 is 44.0. The Labute approximate surface area is 115 Å². The third-order valence-corrected chi connectivity index (χ3v) is 3.90. The van der Waals surface area contributed by atoms with Crippen LogP contribution in [0.1, 0.15) is 6.42 Å². The number of carbonyl (C=O) groups is 1. The molecule has 0 amide bonds. The fraction of sp³-hybridized carbons (Fsp3) is 0.250. The van der Waals surface area contributed by atoms with Crippen LogP contribution in [0.15, 0.2) is 35.7 Å². The highest BCUT2D eigenvalue weighted by Crippen LogP contribution is 2.20. The van der Waals surface area contributed by atoms with Gasteiger partial charge in [0.05, 0.1) is 12.0 Å². The number of nitrogens with one attached hydrogen (secondary N) is 1. The summed E-state index contributed by atoms with van der Waals surface area (Å²) in [6, 6.07) is 1.67. The van der Waals surface area contributed by atoms with E-state index in [1.165, 1.54) is 13.2 Å². The first kappa shape index (κ1) is 16.1. The Balaban J connectivity index is 3.07. The standard InChI is InChI=1S/C12H14FNO5S/c1-3-4-10(12(15)16)14-20(17,18)8-5-6-11(19-2)9(13)7-8/h3,5-7,10,14H,1,4H2,2H3,(H,15,16). The van der Waals surface area contributed by atoms with Crippen molar-refractivity contribution in [3.05, 3.63) is 36.7 Å². The minimum atomic E-state index is -4.15. The van der Waals surface area contributed by atoms with E-state index in [4.69, 9.17) is 5.11 Å². The molecule has 1 rings (SSSR count). The topological polar surface area (TPSA) is 92.7 Å². The fourth-order valence-electron chi connectivity index (χ4n) is 1.44. The minimum absolute atomic E-state index is 0.0901. The number of carboxylic acids is 1. The molecule has 0 saturated carbocycles. The van der Waals surface area contributed by atoms with Gasteiger partial charge >= 0.3 is 5.97 Å². The Morgan fingerprint density at radius 2 is 2.25 bits per heavy atom. The third-order valence-electron chi connectivity index (χ3n) is 2.43. The quantitative estimate of drug-likeness (QED) is 0.737. The van der Waals surface area contributed by atoms with E-state index in [2.05, 4.69) is 11.3 Å². The van der Waals surface area contributed by atoms with Crippen LogP contribution in [0.25, 0.3) is 0 Å². The number of sulfonamides is 1. The summed E-state index contributed by atoms with van der Waals surface area (Å²) in [5, 5.41) is 8.88. The summed E-state index contributed by atoms with van der Waals surface area (Å²) in [5.41, 5.74) is 0. The third kappa shape index (κ3) is 3.78. The van der Waals surface area contributed by atoms with E-state index in [1.54, 1.807) is 0 Å². The molecular formula is C12H14FNO5S. The smallest absolute Gasteiger partial charge is 0.322 e. The monoisotopic (exact) mass is 303 g/mol. The first-order chi connectivity index (χ1) is 9.31. The molecule has 0 aliphatic carbocycles. The Hall–Kier alpha value is -1.93. The van der Waals surface area contributed by atoms with Crippen molar-refractivity contribution in [1.29, 1.82) is 0 Å². The second-order valence-electron chi connectivity index (χ2n) is 3.83. The van der Waals surface area contributed by atoms with Crippen LogP contribution >= 0.6 is 0 Å². The summed E-state index contributed by atoms with van der Waals surface area (Å²) in [6.07, 6.45) is 1.18. The van der Waals surface area contributed by atoms with Crippen molar-refractivity contribution in [2.75, 3.05) is 7.11 Å². The van der Waals surface area contributed by atoms with Gasteiger partial charge in [0, 0.05) is 0 Å². The minimum Gasteiger partial charge on any atom is -0.494 e. The zero-order chi connectivity index (χ0) is 15.3. The SMILES string of the molecule is C=CCC(NS(=O)(=O)c1ccc(OC)c(F)c1)C(=O)O. The highest BCUT2D eigenvalue weighted by Gasteiger charge is 2.25. The van der Waals surface area contributed by atoms with Gasteiger partial charge in [-0.15, -0.1) is 6.58 Å². The molecule has 110 valence electrons. The maximum atomic E-state index is 13.5. The lowest BCUT2D eigenvalue weighted by Gasteiger charge is -2.13. The molecule has 1 atom stereocenters. The van der Waals surface area contributed by atoms with Crippen LogP contribution in [-0.4, -0.2) is 32.6 Å². The lowest BCUT2D eigenvalue weighted by Crippen LogP contribution is -2.40. The highest BCUT2D eigenvalue weighted by molar-refractivity contribution is 7.89. The van der Waals surface area contributed by atoms with Crippen LogP contribution in [0.4, 0.5) is 4.39 Å². The van der Waals surface area contributed by atoms with E-state index in [1.807, 2.05) is 4.72 Å². The fourth-order valence-corrected chi connectivity index (χ4v) is 2.65. The van der Waals surface area contributed by atoms with Gasteiger partial charge in [0.2, 0.25) is 10.0 Å². The zero-order valence-electron chi connectivity index (χ0n) is 10.7. The average Bonchev–Trinajstić information content (AvgIpc) is 2.37. The largest absolute Gasteiger partial charge is 0.494 e. The Morgan fingerprint density at radius 1 is 1.60 bits per heavy atom. The number of rotatable bonds is 7. The van der Waals surface area contributed by atoms with Crippen molar-refractivity contribution in [2.24, 2.45) is 0 Å². The summed E-state index contributed by atoms with van der Waals surface area (Å²) in [5.74, 6) is -2.31. The number of aliphatic carboxylic acids is 1. The van der Waals surface area contributed by atoms with Crippen LogP contribution < -0.4 is 9.46 Å². The van der Waals surface area contributed by atoms with Gasteiger partial charge in [-0.3, -0.25) is 4.79 Å². The van der Waals surface area contributed by atoms with E-state index < -0.39 is 27.9 Å². The zero-order valence-corrected chi connectivity index (χ0v) is 11.5. The molecule has 0 aromatic heterocycles.